The minimum absolute atomic E-state index is 0.150. The summed E-state index contributed by atoms with van der Waals surface area (Å²) >= 11 is 0. The number of ether oxygens (including phenoxy) is 4. The van der Waals surface area contributed by atoms with E-state index in [1.54, 1.807) is 30.3 Å². The van der Waals surface area contributed by atoms with Crippen molar-refractivity contribution in [2.45, 2.75) is 68.3 Å². The van der Waals surface area contributed by atoms with Crippen LogP contribution in [0, 0.1) is 0 Å². The monoisotopic (exact) mass is 578 g/mol. The van der Waals surface area contributed by atoms with Gasteiger partial charge in [-0.1, -0.05) is 30.3 Å². The highest BCUT2D eigenvalue weighted by atomic mass is 16.7. The van der Waals surface area contributed by atoms with Gasteiger partial charge in [0.2, 0.25) is 17.5 Å². The summed E-state index contributed by atoms with van der Waals surface area (Å²) in [5, 5.41) is 81.9. The van der Waals surface area contributed by atoms with Crippen LogP contribution >= 0.6 is 0 Å². The highest BCUT2D eigenvalue weighted by molar-refractivity contribution is 5.88. The SMILES string of the molecule is CC1OC(OCC2OC(Oc3cc(O)c4c(=O)c(O)c(-c5ccccc5)oc4c3)C(O)C(O)C2O)C(O)C(O)C1O. The maximum atomic E-state index is 12.8. The van der Waals surface area contributed by atoms with Gasteiger partial charge in [0.15, 0.2) is 12.1 Å². The van der Waals surface area contributed by atoms with Gasteiger partial charge in [0, 0.05) is 17.7 Å². The molecule has 3 aromatic rings. The predicted octanol–water partition coefficient (Wildman–Crippen LogP) is -1.10. The largest absolute Gasteiger partial charge is 0.507 e. The molecule has 0 bridgehead atoms. The summed E-state index contributed by atoms with van der Waals surface area (Å²) in [4.78, 5) is 12.8. The van der Waals surface area contributed by atoms with E-state index in [2.05, 4.69) is 0 Å². The Balaban J connectivity index is 1.37. The molecule has 0 spiro atoms. The van der Waals surface area contributed by atoms with Crippen molar-refractivity contribution in [1.29, 1.82) is 0 Å². The molecule has 0 amide bonds. The lowest BCUT2D eigenvalue weighted by Gasteiger charge is -2.42. The van der Waals surface area contributed by atoms with Gasteiger partial charge in [-0.2, -0.15) is 0 Å². The zero-order valence-corrected chi connectivity index (χ0v) is 21.5. The molecule has 222 valence electrons. The normalized spacial score (nSPS) is 34.0. The molecule has 14 heteroatoms. The molecule has 1 aromatic heterocycles. The number of aromatic hydroxyl groups is 2. The first-order chi connectivity index (χ1) is 19.5. The van der Waals surface area contributed by atoms with Crippen LogP contribution in [-0.2, 0) is 14.2 Å². The van der Waals surface area contributed by atoms with E-state index >= 15 is 0 Å². The molecule has 2 aliphatic heterocycles. The Morgan fingerprint density at radius 3 is 2.17 bits per heavy atom. The van der Waals surface area contributed by atoms with Gasteiger partial charge >= 0.3 is 0 Å². The molecule has 2 aliphatic rings. The second-order valence-corrected chi connectivity index (χ2v) is 9.94. The summed E-state index contributed by atoms with van der Waals surface area (Å²) in [6.07, 6.45) is -15.0. The number of fused-ring (bicyclic) bond motifs is 1. The number of aliphatic hydroxyl groups is 6. The van der Waals surface area contributed by atoms with E-state index in [0.29, 0.717) is 5.56 Å². The van der Waals surface area contributed by atoms with Crippen LogP contribution < -0.4 is 10.2 Å². The van der Waals surface area contributed by atoms with Gasteiger partial charge in [-0.15, -0.1) is 0 Å². The van der Waals surface area contributed by atoms with Gasteiger partial charge < -0.3 is 64.2 Å². The molecular weight excluding hydrogens is 548 g/mol. The Kier molecular flexibility index (Phi) is 8.20. The minimum atomic E-state index is -1.78. The van der Waals surface area contributed by atoms with Crippen molar-refractivity contribution in [3.8, 4) is 28.6 Å². The third kappa shape index (κ3) is 5.49. The van der Waals surface area contributed by atoms with E-state index in [0.717, 1.165) is 6.07 Å². The predicted molar refractivity (Wildman–Crippen MR) is 137 cm³/mol. The van der Waals surface area contributed by atoms with Crippen molar-refractivity contribution in [1.82, 2.24) is 0 Å². The number of phenolic OH excluding ortho intramolecular Hbond substituents is 1. The lowest BCUT2D eigenvalue weighted by atomic mass is 9.98. The van der Waals surface area contributed by atoms with Crippen molar-refractivity contribution in [2.24, 2.45) is 0 Å². The summed E-state index contributed by atoms with van der Waals surface area (Å²) in [5.74, 6) is -1.62. The number of benzene rings is 2. The fourth-order valence-corrected chi connectivity index (χ4v) is 4.74. The first-order valence-corrected chi connectivity index (χ1v) is 12.7. The average molecular weight is 579 g/mol. The van der Waals surface area contributed by atoms with Crippen LogP contribution in [0.1, 0.15) is 6.92 Å². The second kappa shape index (κ2) is 11.5. The number of hydrogen-bond acceptors (Lipinski definition) is 14. The summed E-state index contributed by atoms with van der Waals surface area (Å²) in [6.45, 7) is 0.955. The van der Waals surface area contributed by atoms with Crippen LogP contribution in [0.4, 0.5) is 0 Å². The van der Waals surface area contributed by atoms with Gasteiger partial charge in [0.25, 0.3) is 0 Å². The minimum Gasteiger partial charge on any atom is -0.507 e. The lowest BCUT2D eigenvalue weighted by molar-refractivity contribution is -0.318. The zero-order chi connectivity index (χ0) is 29.6. The Bertz CT molecular complexity index is 1430. The van der Waals surface area contributed by atoms with Crippen LogP contribution in [0.25, 0.3) is 22.3 Å². The van der Waals surface area contributed by atoms with Gasteiger partial charge in [0.1, 0.15) is 65.2 Å². The van der Waals surface area contributed by atoms with Crippen molar-refractivity contribution in [3.05, 3.63) is 52.7 Å². The third-order valence-corrected chi connectivity index (χ3v) is 7.11. The molecule has 5 rings (SSSR count). The van der Waals surface area contributed by atoms with E-state index in [4.69, 9.17) is 23.4 Å². The topological polar surface area (TPSA) is 229 Å². The molecule has 10 atom stereocenters. The van der Waals surface area contributed by atoms with E-state index in [1.807, 2.05) is 0 Å². The molecule has 10 unspecified atom stereocenters. The summed E-state index contributed by atoms with van der Waals surface area (Å²) < 4.78 is 27.8. The quantitative estimate of drug-likeness (QED) is 0.174. The summed E-state index contributed by atoms with van der Waals surface area (Å²) in [5.41, 5.74) is -0.659. The van der Waals surface area contributed by atoms with Gasteiger partial charge in [-0.05, 0) is 6.92 Å². The summed E-state index contributed by atoms with van der Waals surface area (Å²) in [6, 6.07) is 10.5. The number of rotatable bonds is 6. The van der Waals surface area contributed by atoms with E-state index in [9.17, 15) is 45.6 Å². The molecule has 14 nitrogen and oxygen atoms in total. The molecule has 2 saturated heterocycles. The standard InChI is InChI=1S/C27H30O14/c1-10-17(29)20(32)23(35)26(38-10)37-9-15-18(30)21(33)24(36)27(41-15)39-12-7-13(28)16-14(8-12)40-25(22(34)19(16)31)11-5-3-2-4-6-11/h2-8,10,15,17-18,20-21,23-24,26-30,32-36H,9H2,1H3. The highest BCUT2D eigenvalue weighted by Gasteiger charge is 2.47. The Morgan fingerprint density at radius 2 is 1.46 bits per heavy atom. The highest BCUT2D eigenvalue weighted by Crippen LogP contribution is 2.36. The van der Waals surface area contributed by atoms with Crippen molar-refractivity contribution in [3.63, 3.8) is 0 Å². The van der Waals surface area contributed by atoms with Crippen LogP contribution in [-0.4, -0.2) is 109 Å². The fourth-order valence-electron chi connectivity index (χ4n) is 4.74. The number of phenols is 1. The second-order valence-electron chi connectivity index (χ2n) is 9.94. The molecule has 0 saturated carbocycles. The van der Waals surface area contributed by atoms with Crippen molar-refractivity contribution < 1.29 is 64.2 Å². The van der Waals surface area contributed by atoms with Gasteiger partial charge in [0.05, 0.1) is 12.7 Å². The Hall–Kier alpha value is -3.31. The molecule has 8 N–H and O–H groups in total. The number of hydrogen-bond donors (Lipinski definition) is 8. The smallest absolute Gasteiger partial charge is 0.238 e. The first kappa shape index (κ1) is 29.2. The molecule has 41 heavy (non-hydrogen) atoms. The molecular formula is C27H30O14. The molecule has 0 radical (unpaired) electrons. The Morgan fingerprint density at radius 1 is 0.805 bits per heavy atom. The summed E-state index contributed by atoms with van der Waals surface area (Å²) in [7, 11) is 0. The maximum absolute atomic E-state index is 12.8. The average Bonchev–Trinajstić information content (AvgIpc) is 2.96. The van der Waals surface area contributed by atoms with Crippen molar-refractivity contribution >= 4 is 11.0 Å². The van der Waals surface area contributed by atoms with Gasteiger partial charge in [-0.3, -0.25) is 4.79 Å². The molecule has 2 fully saturated rings. The Labute approximate surface area is 231 Å². The van der Waals surface area contributed by atoms with E-state index in [1.165, 1.54) is 13.0 Å². The maximum Gasteiger partial charge on any atom is 0.238 e. The van der Waals surface area contributed by atoms with Gasteiger partial charge in [-0.25, -0.2) is 0 Å². The molecule has 3 heterocycles. The van der Waals surface area contributed by atoms with Crippen LogP contribution in [0.15, 0.2) is 51.7 Å². The zero-order valence-electron chi connectivity index (χ0n) is 21.5. The first-order valence-electron chi connectivity index (χ1n) is 12.7. The van der Waals surface area contributed by atoms with Crippen LogP contribution in [0.5, 0.6) is 17.2 Å². The fraction of sp³-hybridized carbons (Fsp3) is 0.444. The number of aliphatic hydroxyl groups excluding tert-OH is 6. The van der Waals surface area contributed by atoms with Crippen LogP contribution in [0.3, 0.4) is 0 Å². The van der Waals surface area contributed by atoms with E-state index in [-0.39, 0.29) is 22.5 Å². The third-order valence-electron chi connectivity index (χ3n) is 7.11. The molecule has 2 aromatic carbocycles. The lowest BCUT2D eigenvalue weighted by Crippen LogP contribution is -2.61. The molecule has 0 aliphatic carbocycles. The van der Waals surface area contributed by atoms with Crippen LogP contribution in [0.2, 0.25) is 0 Å². The van der Waals surface area contributed by atoms with E-state index < -0.39 is 84.9 Å². The van der Waals surface area contributed by atoms with Crippen molar-refractivity contribution in [2.75, 3.05) is 6.61 Å².